The van der Waals surface area contributed by atoms with Crippen molar-refractivity contribution in [3.63, 3.8) is 0 Å². The minimum Gasteiger partial charge on any atom is -0.393 e. The third-order valence-corrected chi connectivity index (χ3v) is 8.88. The van der Waals surface area contributed by atoms with E-state index >= 15 is 0 Å². The molecular formula is C21H32O3. The van der Waals surface area contributed by atoms with Crippen molar-refractivity contribution in [2.24, 2.45) is 28.6 Å². The van der Waals surface area contributed by atoms with E-state index in [2.05, 4.69) is 19.9 Å². The molecule has 3 heteroatoms. The molecule has 1 N–H and O–H groups in total. The van der Waals surface area contributed by atoms with Crippen molar-refractivity contribution in [2.75, 3.05) is 13.2 Å². The Morgan fingerprint density at radius 3 is 2.54 bits per heavy atom. The summed E-state index contributed by atoms with van der Waals surface area (Å²) < 4.78 is 12.5. The minimum absolute atomic E-state index is 0.107. The highest BCUT2D eigenvalue weighted by atomic mass is 16.7. The van der Waals surface area contributed by atoms with Crippen LogP contribution in [0.15, 0.2) is 11.6 Å². The lowest BCUT2D eigenvalue weighted by Gasteiger charge is -2.58. The highest BCUT2D eigenvalue weighted by Gasteiger charge is 2.66. The third kappa shape index (κ3) is 1.84. The normalized spacial score (nSPS) is 52.5. The topological polar surface area (TPSA) is 38.7 Å². The first-order valence-corrected chi connectivity index (χ1v) is 10.1. The predicted molar refractivity (Wildman–Crippen MR) is 92.3 cm³/mol. The third-order valence-electron chi connectivity index (χ3n) is 8.88. The van der Waals surface area contributed by atoms with E-state index in [9.17, 15) is 5.11 Å². The number of aliphatic hydroxyl groups excluding tert-OH is 1. The van der Waals surface area contributed by atoms with Gasteiger partial charge in [-0.1, -0.05) is 25.5 Å². The van der Waals surface area contributed by atoms with Gasteiger partial charge in [-0.05, 0) is 68.1 Å². The van der Waals surface area contributed by atoms with Gasteiger partial charge in [0.05, 0.1) is 19.3 Å². The lowest BCUT2D eigenvalue weighted by molar-refractivity contribution is -0.242. The molecule has 1 unspecified atom stereocenters. The maximum atomic E-state index is 10.1. The molecule has 5 rings (SSSR count). The zero-order valence-corrected chi connectivity index (χ0v) is 15.2. The first-order valence-electron chi connectivity index (χ1n) is 10.1. The second-order valence-electron chi connectivity index (χ2n) is 9.60. The molecule has 0 aromatic heterocycles. The van der Waals surface area contributed by atoms with E-state index in [4.69, 9.17) is 9.47 Å². The van der Waals surface area contributed by atoms with E-state index in [0.29, 0.717) is 5.41 Å². The second kappa shape index (κ2) is 5.08. The van der Waals surface area contributed by atoms with Gasteiger partial charge in [0.15, 0.2) is 5.79 Å². The number of hydrogen-bond donors (Lipinski definition) is 1. The summed E-state index contributed by atoms with van der Waals surface area (Å²) in [7, 11) is 0. The van der Waals surface area contributed by atoms with E-state index in [1.165, 1.54) is 32.1 Å². The largest absolute Gasteiger partial charge is 0.393 e. The first kappa shape index (κ1) is 15.8. The molecule has 24 heavy (non-hydrogen) atoms. The molecule has 3 saturated carbocycles. The van der Waals surface area contributed by atoms with Gasteiger partial charge in [0.2, 0.25) is 0 Å². The molecule has 3 nitrogen and oxygen atoms in total. The Morgan fingerprint density at radius 1 is 1.00 bits per heavy atom. The quantitative estimate of drug-likeness (QED) is 0.680. The van der Waals surface area contributed by atoms with Gasteiger partial charge < -0.3 is 14.6 Å². The molecule has 4 aliphatic carbocycles. The van der Waals surface area contributed by atoms with Gasteiger partial charge in [-0.15, -0.1) is 0 Å². The van der Waals surface area contributed by atoms with E-state index in [1.807, 2.05) is 0 Å². The van der Waals surface area contributed by atoms with Crippen LogP contribution in [0.1, 0.15) is 65.2 Å². The van der Waals surface area contributed by atoms with Crippen LogP contribution < -0.4 is 0 Å². The molecular weight excluding hydrogens is 300 g/mol. The number of fused-ring (bicyclic) bond motifs is 6. The van der Waals surface area contributed by atoms with Crippen molar-refractivity contribution in [2.45, 2.75) is 77.1 Å². The highest BCUT2D eigenvalue weighted by Crippen LogP contribution is 2.68. The number of ether oxygens (including phenoxy) is 2. The van der Waals surface area contributed by atoms with Crippen LogP contribution >= 0.6 is 0 Å². The number of hydrogen-bond acceptors (Lipinski definition) is 3. The van der Waals surface area contributed by atoms with Crippen molar-refractivity contribution in [3.05, 3.63) is 11.6 Å². The summed E-state index contributed by atoms with van der Waals surface area (Å²) in [5.74, 6) is 2.02. The van der Waals surface area contributed by atoms with Crippen LogP contribution in [0.25, 0.3) is 0 Å². The standard InChI is InChI=1S/C21H32O3/c1-19-8-5-15(22)13-14(19)3-4-16-17(19)6-9-20(2)18(16)7-10-21(20)23-11-12-24-21/h3,15-18,22H,4-13H2,1-2H3/t15-,16?,17-,18-,19-,20-/m0/s1. The van der Waals surface area contributed by atoms with Crippen LogP contribution in [0.4, 0.5) is 0 Å². The Balaban J connectivity index is 1.49. The highest BCUT2D eigenvalue weighted by molar-refractivity contribution is 5.26. The molecule has 0 radical (unpaired) electrons. The van der Waals surface area contributed by atoms with E-state index in [0.717, 1.165) is 50.2 Å². The Morgan fingerprint density at radius 2 is 1.75 bits per heavy atom. The van der Waals surface area contributed by atoms with Crippen LogP contribution in [0, 0.1) is 28.6 Å². The Kier molecular flexibility index (Phi) is 3.35. The zero-order valence-electron chi connectivity index (χ0n) is 15.2. The van der Waals surface area contributed by atoms with Crippen LogP contribution in [0.5, 0.6) is 0 Å². The van der Waals surface area contributed by atoms with Crippen LogP contribution in [0.2, 0.25) is 0 Å². The van der Waals surface area contributed by atoms with Gasteiger partial charge in [0.1, 0.15) is 0 Å². The summed E-state index contributed by atoms with van der Waals surface area (Å²) in [6.45, 7) is 6.50. The fourth-order valence-corrected chi connectivity index (χ4v) is 7.53. The average molecular weight is 332 g/mol. The number of rotatable bonds is 0. The van der Waals surface area contributed by atoms with Gasteiger partial charge in [0.25, 0.3) is 0 Å². The molecule has 0 amide bonds. The van der Waals surface area contributed by atoms with Crippen LogP contribution in [-0.4, -0.2) is 30.2 Å². The molecule has 0 aromatic rings. The van der Waals surface area contributed by atoms with E-state index in [-0.39, 0.29) is 17.3 Å². The number of allylic oxidation sites excluding steroid dienone is 1. The van der Waals surface area contributed by atoms with Crippen molar-refractivity contribution >= 4 is 0 Å². The molecule has 1 heterocycles. The first-order chi connectivity index (χ1) is 11.5. The average Bonchev–Trinajstić information content (AvgIpc) is 3.15. The lowest BCUT2D eigenvalue weighted by Crippen LogP contribution is -2.55. The zero-order chi connectivity index (χ0) is 16.6. The van der Waals surface area contributed by atoms with Gasteiger partial charge in [0, 0.05) is 11.8 Å². The van der Waals surface area contributed by atoms with Crippen molar-refractivity contribution in [3.8, 4) is 0 Å². The van der Waals surface area contributed by atoms with Crippen molar-refractivity contribution in [1.82, 2.24) is 0 Å². The van der Waals surface area contributed by atoms with Crippen molar-refractivity contribution < 1.29 is 14.6 Å². The molecule has 0 aromatic carbocycles. The summed E-state index contributed by atoms with van der Waals surface area (Å²) >= 11 is 0. The van der Waals surface area contributed by atoms with Gasteiger partial charge in [-0.25, -0.2) is 0 Å². The molecule has 5 aliphatic rings. The molecule has 1 saturated heterocycles. The molecule has 4 fully saturated rings. The summed E-state index contributed by atoms with van der Waals surface area (Å²) in [5, 5.41) is 10.1. The van der Waals surface area contributed by atoms with Gasteiger partial charge in [-0.3, -0.25) is 0 Å². The summed E-state index contributed by atoms with van der Waals surface area (Å²) in [6.07, 6.45) is 11.6. The molecule has 1 spiro atoms. The van der Waals surface area contributed by atoms with Gasteiger partial charge in [-0.2, -0.15) is 0 Å². The molecule has 0 bridgehead atoms. The molecule has 6 atom stereocenters. The fourth-order valence-electron chi connectivity index (χ4n) is 7.53. The minimum atomic E-state index is -0.281. The fraction of sp³-hybridized carbons (Fsp3) is 0.905. The Bertz CT molecular complexity index is 563. The van der Waals surface area contributed by atoms with E-state index < -0.39 is 0 Å². The molecule has 134 valence electrons. The smallest absolute Gasteiger partial charge is 0.174 e. The monoisotopic (exact) mass is 332 g/mol. The maximum absolute atomic E-state index is 10.1. The SMILES string of the molecule is C[C@]12CC[C@H](O)CC1=CCC1[C@@H]2CC[C@@]2(C)[C@H]1CCC21OCCO1. The number of aliphatic hydroxyl groups is 1. The van der Waals surface area contributed by atoms with Crippen molar-refractivity contribution in [1.29, 1.82) is 0 Å². The maximum Gasteiger partial charge on any atom is 0.174 e. The summed E-state index contributed by atoms with van der Waals surface area (Å²) in [6, 6.07) is 0. The van der Waals surface area contributed by atoms with Crippen LogP contribution in [0.3, 0.4) is 0 Å². The van der Waals surface area contributed by atoms with Gasteiger partial charge >= 0.3 is 0 Å². The molecule has 1 aliphatic heterocycles. The van der Waals surface area contributed by atoms with Crippen LogP contribution in [-0.2, 0) is 9.47 Å². The predicted octanol–water partition coefficient (Wildman–Crippen LogP) is 4.05. The summed E-state index contributed by atoms with van der Waals surface area (Å²) in [5.41, 5.74) is 2.09. The Labute approximate surface area is 145 Å². The second-order valence-corrected chi connectivity index (χ2v) is 9.60. The van der Waals surface area contributed by atoms with E-state index in [1.54, 1.807) is 5.57 Å². The summed E-state index contributed by atoms with van der Waals surface area (Å²) in [4.78, 5) is 0. The lowest BCUT2D eigenvalue weighted by atomic mass is 9.47. The Hall–Kier alpha value is -0.380.